The largest absolute Gasteiger partial charge is 0.466 e. The Morgan fingerprint density at radius 1 is 1.20 bits per heavy atom. The minimum atomic E-state index is -3.83. The summed E-state index contributed by atoms with van der Waals surface area (Å²) in [7, 11) is -2.63. The Morgan fingerprint density at radius 2 is 1.76 bits per heavy atom. The zero-order valence-corrected chi connectivity index (χ0v) is 16.7. The standard InChI is InChI=1S/C16H29NO7S/c1-11(2)10-12(17-15(19)23-16(3,4)5)13(24-25(7,20)21)8-9-14(18)22-6/h8-9,11-13H,10H2,1-7H3,(H,17,19)/t12-,13+/m0/s1. The summed E-state index contributed by atoms with van der Waals surface area (Å²) in [4.78, 5) is 23.4. The van der Waals surface area contributed by atoms with Crippen LogP contribution < -0.4 is 5.32 Å². The molecular weight excluding hydrogens is 350 g/mol. The van der Waals surface area contributed by atoms with E-state index in [1.54, 1.807) is 20.8 Å². The molecule has 0 fully saturated rings. The van der Waals surface area contributed by atoms with Gasteiger partial charge < -0.3 is 14.8 Å². The number of amides is 1. The lowest BCUT2D eigenvalue weighted by Gasteiger charge is -2.28. The van der Waals surface area contributed by atoms with Gasteiger partial charge in [-0.3, -0.25) is 4.18 Å². The van der Waals surface area contributed by atoms with E-state index in [0.717, 1.165) is 12.3 Å². The molecule has 8 nitrogen and oxygen atoms in total. The summed E-state index contributed by atoms with van der Waals surface area (Å²) < 4.78 is 37.8. The number of carbonyl (C=O) groups is 2. The van der Waals surface area contributed by atoms with Crippen LogP contribution in [0.3, 0.4) is 0 Å². The van der Waals surface area contributed by atoms with Gasteiger partial charge in [0.05, 0.1) is 19.4 Å². The van der Waals surface area contributed by atoms with Crippen LogP contribution in [0.4, 0.5) is 4.79 Å². The predicted octanol–water partition coefficient (Wildman–Crippen LogP) is 2.00. The highest BCUT2D eigenvalue weighted by Gasteiger charge is 2.28. The first-order chi connectivity index (χ1) is 11.2. The number of methoxy groups -OCH3 is 1. The zero-order chi connectivity index (χ0) is 19.8. The van der Waals surface area contributed by atoms with Crippen LogP contribution in [-0.2, 0) is 28.6 Å². The van der Waals surface area contributed by atoms with Crippen molar-refractivity contribution in [1.82, 2.24) is 5.32 Å². The highest BCUT2D eigenvalue weighted by atomic mass is 32.2. The van der Waals surface area contributed by atoms with E-state index in [2.05, 4.69) is 10.1 Å². The average molecular weight is 379 g/mol. The molecule has 0 aromatic carbocycles. The van der Waals surface area contributed by atoms with Crippen molar-refractivity contribution in [2.75, 3.05) is 13.4 Å². The molecule has 146 valence electrons. The molecule has 0 aliphatic heterocycles. The third kappa shape index (κ3) is 12.4. The Morgan fingerprint density at radius 3 is 2.16 bits per heavy atom. The molecule has 0 bridgehead atoms. The average Bonchev–Trinajstić information content (AvgIpc) is 2.38. The van der Waals surface area contributed by atoms with E-state index in [9.17, 15) is 18.0 Å². The molecule has 1 amide bonds. The second-order valence-electron chi connectivity index (χ2n) is 7.03. The van der Waals surface area contributed by atoms with Crippen LogP contribution in [-0.4, -0.2) is 51.6 Å². The fourth-order valence-corrected chi connectivity index (χ4v) is 2.52. The van der Waals surface area contributed by atoms with E-state index in [0.29, 0.717) is 6.42 Å². The van der Waals surface area contributed by atoms with Gasteiger partial charge >= 0.3 is 12.1 Å². The maximum Gasteiger partial charge on any atom is 0.407 e. The second kappa shape index (κ2) is 9.76. The molecule has 0 aromatic rings. The fraction of sp³-hybridized carbons (Fsp3) is 0.750. The Balaban J connectivity index is 5.48. The lowest BCUT2D eigenvalue weighted by atomic mass is 9.99. The highest BCUT2D eigenvalue weighted by molar-refractivity contribution is 7.86. The van der Waals surface area contributed by atoms with E-state index >= 15 is 0 Å². The van der Waals surface area contributed by atoms with Crippen LogP contribution in [0.1, 0.15) is 41.0 Å². The first kappa shape index (κ1) is 23.4. The minimum absolute atomic E-state index is 0.122. The van der Waals surface area contributed by atoms with E-state index in [1.807, 2.05) is 13.8 Å². The van der Waals surface area contributed by atoms with Crippen molar-refractivity contribution in [3.05, 3.63) is 12.2 Å². The molecular formula is C16H29NO7S. The summed E-state index contributed by atoms with van der Waals surface area (Å²) in [6.45, 7) is 8.96. The molecule has 1 N–H and O–H groups in total. The molecule has 0 spiro atoms. The monoisotopic (exact) mass is 379 g/mol. The summed E-state index contributed by atoms with van der Waals surface area (Å²) in [5.41, 5.74) is -0.707. The molecule has 0 aromatic heterocycles. The summed E-state index contributed by atoms with van der Waals surface area (Å²) in [6, 6.07) is -0.717. The van der Waals surface area contributed by atoms with Gasteiger partial charge in [-0.25, -0.2) is 9.59 Å². The Hall–Kier alpha value is -1.61. The maximum absolute atomic E-state index is 12.1. The molecule has 0 saturated carbocycles. The number of ether oxygens (including phenoxy) is 2. The molecule has 0 aliphatic carbocycles. The van der Waals surface area contributed by atoms with Crippen molar-refractivity contribution >= 4 is 22.2 Å². The topological polar surface area (TPSA) is 108 Å². The van der Waals surface area contributed by atoms with Crippen molar-refractivity contribution in [2.24, 2.45) is 5.92 Å². The number of carbonyl (C=O) groups excluding carboxylic acids is 2. The maximum atomic E-state index is 12.1. The molecule has 0 radical (unpaired) electrons. The lowest BCUT2D eigenvalue weighted by Crippen LogP contribution is -2.47. The number of nitrogens with one attached hydrogen (secondary N) is 1. The minimum Gasteiger partial charge on any atom is -0.466 e. The van der Waals surface area contributed by atoms with Crippen LogP contribution in [0.15, 0.2) is 12.2 Å². The van der Waals surface area contributed by atoms with Gasteiger partial charge in [0, 0.05) is 6.08 Å². The zero-order valence-electron chi connectivity index (χ0n) is 15.9. The lowest BCUT2D eigenvalue weighted by molar-refractivity contribution is -0.134. The van der Waals surface area contributed by atoms with Gasteiger partial charge in [0.15, 0.2) is 0 Å². The summed E-state index contributed by atoms with van der Waals surface area (Å²) in [5, 5.41) is 2.62. The normalized spacial score (nSPS) is 15.0. The Labute approximate surface area is 150 Å². The van der Waals surface area contributed by atoms with Gasteiger partial charge in [0.25, 0.3) is 10.1 Å². The van der Waals surface area contributed by atoms with Gasteiger partial charge in [0.1, 0.15) is 11.7 Å². The fourth-order valence-electron chi connectivity index (χ4n) is 1.92. The summed E-state index contributed by atoms with van der Waals surface area (Å²) in [5.74, 6) is -0.542. The van der Waals surface area contributed by atoms with Crippen LogP contribution >= 0.6 is 0 Å². The second-order valence-corrected chi connectivity index (χ2v) is 8.63. The molecule has 0 heterocycles. The summed E-state index contributed by atoms with van der Waals surface area (Å²) in [6.07, 6.45) is 1.82. The number of hydrogen-bond acceptors (Lipinski definition) is 7. The van der Waals surface area contributed by atoms with E-state index in [-0.39, 0.29) is 5.92 Å². The molecule has 2 atom stereocenters. The SMILES string of the molecule is COC(=O)C=C[C@@H](OS(C)(=O)=O)[C@H](CC(C)C)NC(=O)OC(C)(C)C. The van der Waals surface area contributed by atoms with Gasteiger partial charge in [-0.2, -0.15) is 8.42 Å². The van der Waals surface area contributed by atoms with E-state index in [1.165, 1.54) is 13.2 Å². The number of rotatable bonds is 8. The molecule has 25 heavy (non-hydrogen) atoms. The van der Waals surface area contributed by atoms with Crippen LogP contribution in [0, 0.1) is 5.92 Å². The van der Waals surface area contributed by atoms with Crippen LogP contribution in [0.2, 0.25) is 0 Å². The van der Waals surface area contributed by atoms with E-state index < -0.39 is 39.9 Å². The third-order valence-corrected chi connectivity index (χ3v) is 3.30. The first-order valence-corrected chi connectivity index (χ1v) is 9.69. The quantitative estimate of drug-likeness (QED) is 0.390. The van der Waals surface area contributed by atoms with Gasteiger partial charge in [0.2, 0.25) is 0 Å². The molecule has 0 aliphatic rings. The van der Waals surface area contributed by atoms with Crippen LogP contribution in [0.25, 0.3) is 0 Å². The molecule has 0 saturated heterocycles. The smallest absolute Gasteiger partial charge is 0.407 e. The van der Waals surface area contributed by atoms with Crippen LogP contribution in [0.5, 0.6) is 0 Å². The van der Waals surface area contributed by atoms with Gasteiger partial charge in [-0.1, -0.05) is 13.8 Å². The number of alkyl carbamates (subject to hydrolysis) is 1. The third-order valence-electron chi connectivity index (χ3n) is 2.73. The molecule has 9 heteroatoms. The molecule has 0 unspecified atom stereocenters. The molecule has 0 rings (SSSR count). The van der Waals surface area contributed by atoms with Crippen molar-refractivity contribution in [1.29, 1.82) is 0 Å². The summed E-state index contributed by atoms with van der Waals surface area (Å²) >= 11 is 0. The van der Waals surface area contributed by atoms with Gasteiger partial charge in [-0.15, -0.1) is 0 Å². The predicted molar refractivity (Wildman–Crippen MR) is 93.5 cm³/mol. The first-order valence-electron chi connectivity index (χ1n) is 7.87. The number of esters is 1. The Kier molecular flexibility index (Phi) is 9.14. The van der Waals surface area contributed by atoms with Crippen molar-refractivity contribution in [2.45, 2.75) is 58.8 Å². The van der Waals surface area contributed by atoms with Crippen molar-refractivity contribution in [3.8, 4) is 0 Å². The van der Waals surface area contributed by atoms with Crippen molar-refractivity contribution < 1.29 is 31.7 Å². The van der Waals surface area contributed by atoms with E-state index in [4.69, 9.17) is 8.92 Å². The highest BCUT2D eigenvalue weighted by Crippen LogP contribution is 2.16. The Bertz CT molecular complexity index is 576. The van der Waals surface area contributed by atoms with Gasteiger partial charge in [-0.05, 0) is 39.2 Å². The van der Waals surface area contributed by atoms with Crippen molar-refractivity contribution in [3.63, 3.8) is 0 Å². The number of hydrogen-bond donors (Lipinski definition) is 1.